The van der Waals surface area contributed by atoms with Crippen molar-refractivity contribution in [2.45, 2.75) is 11.3 Å². The molecule has 3 heterocycles. The normalized spacial score (nSPS) is 17.5. The fraction of sp³-hybridized carbons (Fsp3) is 0.190. The van der Waals surface area contributed by atoms with Crippen LogP contribution in [0.4, 0.5) is 5.69 Å². The molecule has 0 aliphatic carbocycles. The lowest BCUT2D eigenvalue weighted by atomic mass is 10.1. The van der Waals surface area contributed by atoms with Gasteiger partial charge in [-0.05, 0) is 48.9 Å². The van der Waals surface area contributed by atoms with Crippen LogP contribution in [0.3, 0.4) is 0 Å². The third-order valence-corrected chi connectivity index (χ3v) is 8.00. The first-order valence-corrected chi connectivity index (χ1v) is 11.8. The summed E-state index contributed by atoms with van der Waals surface area (Å²) in [7, 11) is -3.67. The number of hydrogen-bond donors (Lipinski definition) is 1. The number of nitrogens with zero attached hydrogens (tertiary/aromatic N) is 3. The van der Waals surface area contributed by atoms with Crippen LogP contribution in [0.2, 0.25) is 0 Å². The number of carbonyl (C=O) groups is 1. The predicted molar refractivity (Wildman–Crippen MR) is 117 cm³/mol. The van der Waals surface area contributed by atoms with Gasteiger partial charge in [0.25, 0.3) is 0 Å². The van der Waals surface area contributed by atoms with E-state index in [1.165, 1.54) is 4.31 Å². The molecule has 1 aliphatic rings. The van der Waals surface area contributed by atoms with Gasteiger partial charge >= 0.3 is 0 Å². The highest BCUT2D eigenvalue weighted by Crippen LogP contribution is 2.28. The Kier molecular flexibility index (Phi) is 4.73. The quantitative estimate of drug-likeness (QED) is 0.527. The third-order valence-electron chi connectivity index (χ3n) is 5.33. The zero-order valence-corrected chi connectivity index (χ0v) is 17.5. The van der Waals surface area contributed by atoms with Crippen LogP contribution in [0.1, 0.15) is 6.42 Å². The van der Waals surface area contributed by atoms with Crippen molar-refractivity contribution in [1.82, 2.24) is 14.3 Å². The molecule has 1 atom stereocenters. The van der Waals surface area contributed by atoms with E-state index in [2.05, 4.69) is 15.3 Å². The first-order chi connectivity index (χ1) is 14.5. The summed E-state index contributed by atoms with van der Waals surface area (Å²) in [5.41, 5.74) is 4.01. The number of amides is 1. The molecular formula is C21H18N4O3S2. The number of thiazole rings is 1. The monoisotopic (exact) mass is 438 g/mol. The molecule has 1 N–H and O–H groups in total. The van der Waals surface area contributed by atoms with E-state index in [1.807, 2.05) is 24.3 Å². The zero-order chi connectivity index (χ0) is 20.7. The Morgan fingerprint density at radius 2 is 2.00 bits per heavy atom. The number of pyridine rings is 1. The smallest absolute Gasteiger partial charge is 0.243 e. The van der Waals surface area contributed by atoms with Gasteiger partial charge < -0.3 is 5.32 Å². The first kappa shape index (κ1) is 19.1. The van der Waals surface area contributed by atoms with Crippen LogP contribution in [0.25, 0.3) is 21.1 Å². The van der Waals surface area contributed by atoms with E-state index >= 15 is 0 Å². The summed E-state index contributed by atoms with van der Waals surface area (Å²) in [5, 5.41) is 3.67. The van der Waals surface area contributed by atoms with Crippen LogP contribution in [0.5, 0.6) is 0 Å². The molecule has 0 spiro atoms. The molecule has 0 saturated carbocycles. The van der Waals surface area contributed by atoms with Crippen LogP contribution in [-0.4, -0.2) is 41.7 Å². The molecule has 2 aromatic carbocycles. The van der Waals surface area contributed by atoms with Gasteiger partial charge in [-0.3, -0.25) is 9.78 Å². The third kappa shape index (κ3) is 3.45. The zero-order valence-electron chi connectivity index (χ0n) is 15.9. The second kappa shape index (κ2) is 7.42. The number of nitrogens with one attached hydrogen (secondary N) is 1. The van der Waals surface area contributed by atoms with Gasteiger partial charge in [-0.25, -0.2) is 13.4 Å². The van der Waals surface area contributed by atoms with E-state index in [-0.39, 0.29) is 17.3 Å². The van der Waals surface area contributed by atoms with Crippen molar-refractivity contribution in [2.75, 3.05) is 18.4 Å². The minimum absolute atomic E-state index is 0.165. The predicted octanol–water partition coefficient (Wildman–Crippen LogP) is 3.49. The number of aromatic nitrogens is 2. The van der Waals surface area contributed by atoms with Gasteiger partial charge in [0.15, 0.2) is 0 Å². The molecule has 9 heteroatoms. The van der Waals surface area contributed by atoms with Gasteiger partial charge in [-0.2, -0.15) is 4.31 Å². The number of anilines is 1. The molecule has 30 heavy (non-hydrogen) atoms. The Bertz CT molecular complexity index is 1370. The van der Waals surface area contributed by atoms with Crippen LogP contribution < -0.4 is 5.32 Å². The van der Waals surface area contributed by atoms with E-state index in [0.29, 0.717) is 18.7 Å². The molecule has 2 aromatic heterocycles. The SMILES string of the molecule is O=C(Nc1ccc2scnc2c1)C1CCN(S(=O)(=O)c2ccc3ncccc3c2)C1. The van der Waals surface area contributed by atoms with Crippen LogP contribution in [0, 0.1) is 5.92 Å². The minimum atomic E-state index is -3.67. The highest BCUT2D eigenvalue weighted by Gasteiger charge is 2.36. The van der Waals surface area contributed by atoms with Crippen molar-refractivity contribution in [1.29, 1.82) is 0 Å². The molecule has 4 aromatic rings. The van der Waals surface area contributed by atoms with E-state index in [9.17, 15) is 13.2 Å². The van der Waals surface area contributed by atoms with Crippen molar-refractivity contribution < 1.29 is 13.2 Å². The summed E-state index contributed by atoms with van der Waals surface area (Å²) >= 11 is 1.54. The van der Waals surface area contributed by atoms with Crippen molar-refractivity contribution in [3.63, 3.8) is 0 Å². The fourth-order valence-corrected chi connectivity index (χ4v) is 5.90. The van der Waals surface area contributed by atoms with Crippen molar-refractivity contribution in [3.8, 4) is 0 Å². The summed E-state index contributed by atoms with van der Waals surface area (Å²) in [6, 6.07) is 14.1. The van der Waals surface area contributed by atoms with Crippen LogP contribution in [0.15, 0.2) is 65.1 Å². The number of sulfonamides is 1. The van der Waals surface area contributed by atoms with Gasteiger partial charge in [-0.15, -0.1) is 11.3 Å². The molecule has 1 aliphatic heterocycles. The lowest BCUT2D eigenvalue weighted by Crippen LogP contribution is -2.31. The fourth-order valence-electron chi connectivity index (χ4n) is 3.70. The molecule has 152 valence electrons. The minimum Gasteiger partial charge on any atom is -0.326 e. The average molecular weight is 439 g/mol. The van der Waals surface area contributed by atoms with Gasteiger partial charge in [0.1, 0.15) is 0 Å². The van der Waals surface area contributed by atoms with Crippen molar-refractivity contribution in [2.24, 2.45) is 5.92 Å². The Balaban J connectivity index is 1.31. The Morgan fingerprint density at radius 3 is 2.90 bits per heavy atom. The van der Waals surface area contributed by atoms with Gasteiger partial charge in [0, 0.05) is 30.4 Å². The highest BCUT2D eigenvalue weighted by molar-refractivity contribution is 7.89. The van der Waals surface area contributed by atoms with Crippen molar-refractivity contribution >= 4 is 54.1 Å². The standard InChI is InChI=1S/C21H18N4O3S2/c26-21(24-16-3-6-20-19(11-16)23-13-29-20)15-7-9-25(12-15)30(27,28)17-4-5-18-14(10-17)2-1-8-22-18/h1-6,8,10-11,13,15H,7,9,12H2,(H,24,26). The number of benzene rings is 2. The largest absolute Gasteiger partial charge is 0.326 e. The average Bonchev–Trinajstić information content (AvgIpc) is 3.43. The van der Waals surface area contributed by atoms with Crippen molar-refractivity contribution in [3.05, 3.63) is 60.2 Å². The molecule has 7 nitrogen and oxygen atoms in total. The first-order valence-electron chi connectivity index (χ1n) is 9.50. The molecule has 1 saturated heterocycles. The number of carbonyl (C=O) groups excluding carboxylic acids is 1. The van der Waals surface area contributed by atoms with Crippen LogP contribution in [-0.2, 0) is 14.8 Å². The number of fused-ring (bicyclic) bond motifs is 2. The number of rotatable bonds is 4. The molecule has 1 unspecified atom stereocenters. The summed E-state index contributed by atoms with van der Waals surface area (Å²) in [4.78, 5) is 21.4. The van der Waals surface area contributed by atoms with Gasteiger partial charge in [-0.1, -0.05) is 6.07 Å². The Labute approximate surface area is 177 Å². The second-order valence-electron chi connectivity index (χ2n) is 7.23. The Morgan fingerprint density at radius 1 is 1.10 bits per heavy atom. The second-order valence-corrected chi connectivity index (χ2v) is 10.1. The van der Waals surface area contributed by atoms with Gasteiger partial charge in [0.2, 0.25) is 15.9 Å². The lowest BCUT2D eigenvalue weighted by Gasteiger charge is -2.17. The summed E-state index contributed by atoms with van der Waals surface area (Å²) in [6.45, 7) is 0.481. The maximum Gasteiger partial charge on any atom is 0.243 e. The Hall–Kier alpha value is -2.88. The van der Waals surface area contributed by atoms with E-state index in [1.54, 1.807) is 47.3 Å². The highest BCUT2D eigenvalue weighted by atomic mass is 32.2. The van der Waals surface area contributed by atoms with Gasteiger partial charge in [0.05, 0.1) is 32.1 Å². The maximum absolute atomic E-state index is 13.1. The molecule has 0 radical (unpaired) electrons. The summed E-state index contributed by atoms with van der Waals surface area (Å²) in [6.07, 6.45) is 2.16. The van der Waals surface area contributed by atoms with E-state index in [0.717, 1.165) is 21.1 Å². The number of hydrogen-bond acceptors (Lipinski definition) is 6. The maximum atomic E-state index is 13.1. The molecular weight excluding hydrogens is 420 g/mol. The van der Waals surface area contributed by atoms with E-state index in [4.69, 9.17) is 0 Å². The lowest BCUT2D eigenvalue weighted by molar-refractivity contribution is -0.119. The molecule has 1 fully saturated rings. The van der Waals surface area contributed by atoms with Crippen LogP contribution >= 0.6 is 11.3 Å². The molecule has 5 rings (SSSR count). The summed E-state index contributed by atoms with van der Waals surface area (Å²) < 4.78 is 28.6. The van der Waals surface area contributed by atoms with E-state index < -0.39 is 15.9 Å². The summed E-state index contributed by atoms with van der Waals surface area (Å²) in [5.74, 6) is -0.571. The molecule has 1 amide bonds. The molecule has 0 bridgehead atoms. The topological polar surface area (TPSA) is 92.3 Å².